The number of benzene rings is 2. The van der Waals surface area contributed by atoms with Crippen molar-refractivity contribution < 1.29 is 18.3 Å². The number of sulfonamides is 1. The van der Waals surface area contributed by atoms with E-state index in [1.807, 2.05) is 32.2 Å². The number of aromatic nitrogens is 1. The third-order valence-electron chi connectivity index (χ3n) is 6.92. The Bertz CT molecular complexity index is 1370. The van der Waals surface area contributed by atoms with Gasteiger partial charge < -0.3 is 19.3 Å². The summed E-state index contributed by atoms with van der Waals surface area (Å²) >= 11 is 0. The summed E-state index contributed by atoms with van der Waals surface area (Å²) in [6.07, 6.45) is 4.07. The van der Waals surface area contributed by atoms with E-state index in [1.165, 1.54) is 4.31 Å². The Morgan fingerprint density at radius 2 is 1.61 bits per heavy atom. The molecule has 9 heteroatoms. The van der Waals surface area contributed by atoms with Crippen molar-refractivity contribution >= 4 is 27.6 Å². The highest BCUT2D eigenvalue weighted by Crippen LogP contribution is 2.34. The molecule has 1 aromatic heterocycles. The number of anilines is 1. The molecule has 8 nitrogen and oxygen atoms in total. The minimum Gasteiger partial charge on any atom is -0.508 e. The molecule has 0 saturated carbocycles. The Morgan fingerprint density at radius 3 is 2.31 bits per heavy atom. The van der Waals surface area contributed by atoms with Gasteiger partial charge in [0.2, 0.25) is 10.0 Å². The van der Waals surface area contributed by atoms with Crippen molar-refractivity contribution in [1.29, 1.82) is 0 Å². The molecule has 2 aliphatic heterocycles. The number of phenolic OH excluding ortho intramolecular Hbond substituents is 1. The topological polar surface area (TPSA) is 87.4 Å². The Balaban J connectivity index is 1.57. The molecule has 0 unspecified atom stereocenters. The van der Waals surface area contributed by atoms with Crippen LogP contribution in [0.15, 0.2) is 58.4 Å². The van der Waals surface area contributed by atoms with Gasteiger partial charge in [-0.15, -0.1) is 0 Å². The standard InChI is InChI=1S/C27H32N4O4S/c1-20-17-22(19-28-23-5-7-24(32)8-6-23)21(2)31(20)27-18-25(9-10-26(27)29-11-3-4-12-29)36(33,34)30-13-15-35-16-14-30/h5-10,17-19,32H,3-4,11-16H2,1-2H3. The number of morpholine rings is 1. The number of hydrogen-bond acceptors (Lipinski definition) is 6. The zero-order chi connectivity index (χ0) is 25.3. The molecule has 36 heavy (non-hydrogen) atoms. The van der Waals surface area contributed by atoms with E-state index in [0.717, 1.165) is 59.9 Å². The molecule has 2 aromatic carbocycles. The molecule has 2 aliphatic rings. The van der Waals surface area contributed by atoms with Crippen LogP contribution in [0.25, 0.3) is 5.69 Å². The summed E-state index contributed by atoms with van der Waals surface area (Å²) in [5, 5.41) is 9.52. The summed E-state index contributed by atoms with van der Waals surface area (Å²) in [4.78, 5) is 7.21. The Labute approximate surface area is 212 Å². The van der Waals surface area contributed by atoms with Gasteiger partial charge in [0.25, 0.3) is 0 Å². The monoisotopic (exact) mass is 508 g/mol. The van der Waals surface area contributed by atoms with Gasteiger partial charge >= 0.3 is 0 Å². The van der Waals surface area contributed by atoms with Crippen molar-refractivity contribution in [3.05, 3.63) is 65.5 Å². The quantitative estimate of drug-likeness (QED) is 0.505. The fourth-order valence-electron chi connectivity index (χ4n) is 4.98. The van der Waals surface area contributed by atoms with Crippen LogP contribution in [0.2, 0.25) is 0 Å². The van der Waals surface area contributed by atoms with E-state index >= 15 is 0 Å². The van der Waals surface area contributed by atoms with Gasteiger partial charge in [0.1, 0.15) is 5.75 Å². The minimum atomic E-state index is -3.63. The summed E-state index contributed by atoms with van der Waals surface area (Å²) in [6.45, 7) is 7.53. The predicted octanol–water partition coefficient (Wildman–Crippen LogP) is 4.17. The average molecular weight is 509 g/mol. The van der Waals surface area contributed by atoms with Crippen molar-refractivity contribution in [2.24, 2.45) is 4.99 Å². The molecule has 2 fully saturated rings. The van der Waals surface area contributed by atoms with E-state index in [0.29, 0.717) is 31.2 Å². The van der Waals surface area contributed by atoms with Gasteiger partial charge in [-0.05, 0) is 75.2 Å². The molecule has 0 spiro atoms. The molecule has 3 heterocycles. The zero-order valence-corrected chi connectivity index (χ0v) is 21.5. The van der Waals surface area contributed by atoms with Gasteiger partial charge in [0.15, 0.2) is 0 Å². The van der Waals surface area contributed by atoms with Crippen LogP contribution in [0.3, 0.4) is 0 Å². The van der Waals surface area contributed by atoms with E-state index in [9.17, 15) is 13.5 Å². The second-order valence-electron chi connectivity index (χ2n) is 9.30. The van der Waals surface area contributed by atoms with Crippen molar-refractivity contribution in [2.75, 3.05) is 44.3 Å². The highest BCUT2D eigenvalue weighted by molar-refractivity contribution is 7.89. The van der Waals surface area contributed by atoms with Crippen LogP contribution >= 0.6 is 0 Å². The molecular formula is C27H32N4O4S. The molecule has 0 radical (unpaired) electrons. The lowest BCUT2D eigenvalue weighted by Crippen LogP contribution is -2.40. The second-order valence-corrected chi connectivity index (χ2v) is 11.2. The largest absolute Gasteiger partial charge is 0.508 e. The van der Waals surface area contributed by atoms with Crippen LogP contribution in [-0.4, -0.2) is 68.0 Å². The van der Waals surface area contributed by atoms with Crippen LogP contribution in [0, 0.1) is 13.8 Å². The van der Waals surface area contributed by atoms with Gasteiger partial charge in [-0.3, -0.25) is 4.99 Å². The van der Waals surface area contributed by atoms with Gasteiger partial charge in [-0.2, -0.15) is 4.31 Å². The van der Waals surface area contributed by atoms with Gasteiger partial charge in [0, 0.05) is 49.3 Å². The molecule has 0 aliphatic carbocycles. The Morgan fingerprint density at radius 1 is 0.917 bits per heavy atom. The first-order valence-corrected chi connectivity index (χ1v) is 13.8. The first kappa shape index (κ1) is 24.5. The number of nitrogens with zero attached hydrogens (tertiary/aromatic N) is 4. The maximum atomic E-state index is 13.5. The molecule has 5 rings (SSSR count). The van der Waals surface area contributed by atoms with Crippen molar-refractivity contribution in [2.45, 2.75) is 31.6 Å². The SMILES string of the molecule is Cc1cc(C=Nc2ccc(O)cc2)c(C)n1-c1cc(S(=O)(=O)N2CCOCC2)ccc1N1CCCC1. The highest BCUT2D eigenvalue weighted by Gasteiger charge is 2.28. The molecule has 2 saturated heterocycles. The molecule has 0 bridgehead atoms. The predicted molar refractivity (Wildman–Crippen MR) is 142 cm³/mol. The van der Waals surface area contributed by atoms with E-state index < -0.39 is 10.0 Å². The number of rotatable bonds is 6. The lowest BCUT2D eigenvalue weighted by Gasteiger charge is -2.28. The lowest BCUT2D eigenvalue weighted by molar-refractivity contribution is 0.0730. The summed E-state index contributed by atoms with van der Waals surface area (Å²) in [6, 6.07) is 14.3. The molecule has 0 amide bonds. The van der Waals surface area contributed by atoms with Crippen LogP contribution in [0.5, 0.6) is 5.75 Å². The van der Waals surface area contributed by atoms with Gasteiger partial charge in [-0.1, -0.05) is 0 Å². The van der Waals surface area contributed by atoms with E-state index in [2.05, 4.69) is 20.5 Å². The number of aliphatic imine (C=N–C) groups is 1. The van der Waals surface area contributed by atoms with Gasteiger partial charge in [0.05, 0.1) is 35.2 Å². The van der Waals surface area contributed by atoms with E-state index in [4.69, 9.17) is 4.74 Å². The van der Waals surface area contributed by atoms with Crippen molar-refractivity contribution in [3.63, 3.8) is 0 Å². The van der Waals surface area contributed by atoms with Crippen LogP contribution in [0.4, 0.5) is 11.4 Å². The number of phenols is 1. The first-order valence-electron chi connectivity index (χ1n) is 12.3. The molecule has 3 aromatic rings. The van der Waals surface area contributed by atoms with E-state index in [-0.39, 0.29) is 5.75 Å². The summed E-state index contributed by atoms with van der Waals surface area (Å²) < 4.78 is 35.9. The van der Waals surface area contributed by atoms with Crippen molar-refractivity contribution in [3.8, 4) is 11.4 Å². The summed E-state index contributed by atoms with van der Waals surface area (Å²) in [7, 11) is -3.63. The Hall–Kier alpha value is -3.14. The first-order chi connectivity index (χ1) is 17.3. The smallest absolute Gasteiger partial charge is 0.243 e. The zero-order valence-electron chi connectivity index (χ0n) is 20.7. The Kier molecular flexibility index (Phi) is 6.87. The fraction of sp³-hybridized carbons (Fsp3) is 0.370. The fourth-order valence-corrected chi connectivity index (χ4v) is 6.40. The maximum Gasteiger partial charge on any atom is 0.243 e. The number of ether oxygens (including phenoxy) is 1. The number of aromatic hydroxyl groups is 1. The molecular weight excluding hydrogens is 476 g/mol. The minimum absolute atomic E-state index is 0.202. The van der Waals surface area contributed by atoms with E-state index in [1.54, 1.807) is 30.3 Å². The highest BCUT2D eigenvalue weighted by atomic mass is 32.2. The normalized spacial score (nSPS) is 17.3. The average Bonchev–Trinajstić information content (AvgIpc) is 3.52. The number of hydrogen-bond donors (Lipinski definition) is 1. The van der Waals surface area contributed by atoms with Crippen LogP contribution in [0.1, 0.15) is 29.8 Å². The third kappa shape index (κ3) is 4.78. The summed E-state index contributed by atoms with van der Waals surface area (Å²) in [5.41, 5.74) is 5.59. The number of aryl methyl sites for hydroxylation is 1. The summed E-state index contributed by atoms with van der Waals surface area (Å²) in [5.74, 6) is 0.202. The third-order valence-corrected chi connectivity index (χ3v) is 8.81. The van der Waals surface area contributed by atoms with Crippen LogP contribution < -0.4 is 4.90 Å². The molecule has 190 valence electrons. The van der Waals surface area contributed by atoms with Gasteiger partial charge in [-0.25, -0.2) is 8.42 Å². The van der Waals surface area contributed by atoms with Crippen molar-refractivity contribution in [1.82, 2.24) is 8.87 Å². The molecule has 0 atom stereocenters. The lowest BCUT2D eigenvalue weighted by atomic mass is 10.2. The molecule has 1 N–H and O–H groups in total. The maximum absolute atomic E-state index is 13.5. The van der Waals surface area contributed by atoms with Crippen LogP contribution in [-0.2, 0) is 14.8 Å². The second kappa shape index (κ2) is 10.1.